The van der Waals surface area contributed by atoms with Gasteiger partial charge in [-0.15, -0.1) is 0 Å². The number of carbonyl (C=O) groups is 1. The van der Waals surface area contributed by atoms with Gasteiger partial charge in [-0.25, -0.2) is 0 Å². The van der Waals surface area contributed by atoms with E-state index in [-0.39, 0.29) is 5.91 Å². The van der Waals surface area contributed by atoms with Gasteiger partial charge >= 0.3 is 0 Å². The molecule has 1 aliphatic rings. The van der Waals surface area contributed by atoms with E-state index in [2.05, 4.69) is 28.1 Å². The predicted octanol–water partition coefficient (Wildman–Crippen LogP) is 3.69. The molecule has 2 N–H and O–H groups in total. The number of benzene rings is 2. The molecule has 2 aromatic carbocycles. The van der Waals surface area contributed by atoms with Crippen LogP contribution >= 0.6 is 0 Å². The number of nitrogens with two attached hydrogens (primary N) is 1. The molecule has 32 heavy (non-hydrogen) atoms. The van der Waals surface area contributed by atoms with Gasteiger partial charge in [-0.05, 0) is 54.3 Å². The summed E-state index contributed by atoms with van der Waals surface area (Å²) in [6.07, 6.45) is 4.93. The molecule has 6 heteroatoms. The number of amides is 1. The number of primary amides is 1. The Hall–Kier alpha value is -3.38. The highest BCUT2D eigenvalue weighted by Gasteiger charge is 2.43. The van der Waals surface area contributed by atoms with Crippen LogP contribution in [0.5, 0.6) is 11.5 Å². The Morgan fingerprint density at radius 3 is 2.59 bits per heavy atom. The molecule has 2 heterocycles. The molecule has 1 fully saturated rings. The molecule has 1 amide bonds. The number of nitrogens with zero attached hydrogens (tertiary/aromatic N) is 2. The number of methoxy groups -OCH3 is 2. The lowest BCUT2D eigenvalue weighted by molar-refractivity contribution is -0.127. The first-order valence-electron chi connectivity index (χ1n) is 10.8. The van der Waals surface area contributed by atoms with Crippen molar-refractivity contribution in [3.05, 3.63) is 78.1 Å². The third kappa shape index (κ3) is 4.60. The number of aromatic nitrogens is 1. The summed E-state index contributed by atoms with van der Waals surface area (Å²) in [5.74, 6) is 1.30. The van der Waals surface area contributed by atoms with Crippen molar-refractivity contribution in [1.82, 2.24) is 9.88 Å². The van der Waals surface area contributed by atoms with Gasteiger partial charge in [0.05, 0.1) is 19.6 Å². The lowest BCUT2D eigenvalue weighted by atomic mass is 9.79. The first-order valence-corrected chi connectivity index (χ1v) is 10.8. The largest absolute Gasteiger partial charge is 0.497 e. The average Bonchev–Trinajstić information content (AvgIpc) is 3.24. The minimum absolute atomic E-state index is 0.240. The van der Waals surface area contributed by atoms with E-state index in [4.69, 9.17) is 15.2 Å². The van der Waals surface area contributed by atoms with Crippen LogP contribution in [0.3, 0.4) is 0 Å². The van der Waals surface area contributed by atoms with Gasteiger partial charge in [0.15, 0.2) is 0 Å². The molecule has 1 atom stereocenters. The normalized spacial score (nSPS) is 18.4. The van der Waals surface area contributed by atoms with Crippen LogP contribution < -0.4 is 15.2 Å². The van der Waals surface area contributed by atoms with E-state index in [9.17, 15) is 4.79 Å². The number of rotatable bonds is 8. The highest BCUT2D eigenvalue weighted by molar-refractivity contribution is 5.82. The van der Waals surface area contributed by atoms with Crippen molar-refractivity contribution in [1.29, 1.82) is 0 Å². The second-order valence-corrected chi connectivity index (χ2v) is 8.40. The average molecular weight is 432 g/mol. The number of ether oxygens (including phenoxy) is 2. The van der Waals surface area contributed by atoms with Crippen LogP contribution in [0.4, 0.5) is 0 Å². The van der Waals surface area contributed by atoms with Crippen LogP contribution in [0.1, 0.15) is 17.5 Å². The van der Waals surface area contributed by atoms with Gasteiger partial charge < -0.3 is 15.2 Å². The van der Waals surface area contributed by atoms with Gasteiger partial charge in [-0.3, -0.25) is 14.7 Å². The predicted molar refractivity (Wildman–Crippen MR) is 124 cm³/mol. The molecule has 0 saturated carbocycles. The fraction of sp³-hybridized carbons (Fsp3) is 0.308. The van der Waals surface area contributed by atoms with Crippen molar-refractivity contribution < 1.29 is 14.3 Å². The Morgan fingerprint density at radius 1 is 1.06 bits per heavy atom. The Labute approximate surface area is 189 Å². The summed E-state index contributed by atoms with van der Waals surface area (Å²) in [6.45, 7) is 2.12. The first kappa shape index (κ1) is 21.8. The molecule has 0 radical (unpaired) electrons. The Morgan fingerprint density at radius 2 is 1.88 bits per heavy atom. The van der Waals surface area contributed by atoms with Gasteiger partial charge in [0.1, 0.15) is 11.5 Å². The molecule has 4 rings (SSSR count). The van der Waals surface area contributed by atoms with Crippen LogP contribution in [0.2, 0.25) is 0 Å². The third-order valence-electron chi connectivity index (χ3n) is 6.33. The van der Waals surface area contributed by atoms with E-state index in [1.807, 2.05) is 36.4 Å². The molecule has 0 bridgehead atoms. The number of likely N-dealkylation sites (tertiary alicyclic amines) is 1. The maximum Gasteiger partial charge on any atom is 0.225 e. The van der Waals surface area contributed by atoms with Crippen LogP contribution in [-0.4, -0.2) is 43.1 Å². The van der Waals surface area contributed by atoms with Crippen molar-refractivity contribution in [2.75, 3.05) is 27.3 Å². The molecule has 0 unspecified atom stereocenters. The lowest BCUT2D eigenvalue weighted by Gasteiger charge is -2.27. The summed E-state index contributed by atoms with van der Waals surface area (Å²) in [5.41, 5.74) is 9.77. The molecule has 0 aliphatic carbocycles. The maximum atomic E-state index is 12.6. The summed E-state index contributed by atoms with van der Waals surface area (Å²) in [7, 11) is 3.30. The molecule has 3 aromatic rings. The SMILES string of the molecule is COc1ccc(CN2CC[C@](Cc3cccc(-c4ccncc4)c3)(C(N)=O)C2)c(OC)c1. The van der Waals surface area contributed by atoms with Gasteiger partial charge in [0.25, 0.3) is 0 Å². The number of hydrogen-bond donors (Lipinski definition) is 1. The summed E-state index contributed by atoms with van der Waals surface area (Å²) < 4.78 is 10.8. The molecular weight excluding hydrogens is 402 g/mol. The van der Waals surface area contributed by atoms with Gasteiger partial charge in [0, 0.05) is 37.1 Å². The van der Waals surface area contributed by atoms with E-state index < -0.39 is 5.41 Å². The minimum atomic E-state index is -0.587. The standard InChI is InChI=1S/C26H29N3O3/c1-31-23-7-6-22(24(15-23)32-2)17-29-13-10-26(18-29,25(27)30)16-19-4-3-5-21(14-19)20-8-11-28-12-9-20/h3-9,11-12,14-15H,10,13,16-18H2,1-2H3,(H2,27,30)/t26-/m1/s1. The summed E-state index contributed by atoms with van der Waals surface area (Å²) in [4.78, 5) is 19.0. The van der Waals surface area contributed by atoms with Crippen LogP contribution in [0.25, 0.3) is 11.1 Å². The summed E-state index contributed by atoms with van der Waals surface area (Å²) in [5, 5.41) is 0. The monoisotopic (exact) mass is 431 g/mol. The molecule has 166 valence electrons. The lowest BCUT2D eigenvalue weighted by Crippen LogP contribution is -2.41. The second-order valence-electron chi connectivity index (χ2n) is 8.40. The van der Waals surface area contributed by atoms with E-state index in [0.717, 1.165) is 46.7 Å². The van der Waals surface area contributed by atoms with Crippen molar-refractivity contribution in [3.8, 4) is 22.6 Å². The Bertz CT molecular complexity index is 1090. The highest BCUT2D eigenvalue weighted by atomic mass is 16.5. The fourth-order valence-electron chi connectivity index (χ4n) is 4.55. The van der Waals surface area contributed by atoms with Gasteiger partial charge in [-0.1, -0.05) is 30.3 Å². The molecule has 6 nitrogen and oxygen atoms in total. The van der Waals surface area contributed by atoms with Crippen LogP contribution in [0, 0.1) is 5.41 Å². The van der Waals surface area contributed by atoms with E-state index in [1.165, 1.54) is 0 Å². The Kier molecular flexibility index (Phi) is 6.42. The fourth-order valence-corrected chi connectivity index (χ4v) is 4.55. The van der Waals surface area contributed by atoms with E-state index >= 15 is 0 Å². The smallest absolute Gasteiger partial charge is 0.225 e. The highest BCUT2D eigenvalue weighted by Crippen LogP contribution is 2.37. The number of hydrogen-bond acceptors (Lipinski definition) is 5. The van der Waals surface area contributed by atoms with Crippen LogP contribution in [0.15, 0.2) is 67.0 Å². The van der Waals surface area contributed by atoms with Crippen molar-refractivity contribution in [2.45, 2.75) is 19.4 Å². The molecular formula is C26H29N3O3. The molecule has 1 saturated heterocycles. The summed E-state index contributed by atoms with van der Waals surface area (Å²) >= 11 is 0. The second kappa shape index (κ2) is 9.40. The van der Waals surface area contributed by atoms with Crippen molar-refractivity contribution in [2.24, 2.45) is 11.1 Å². The van der Waals surface area contributed by atoms with E-state index in [1.54, 1.807) is 26.6 Å². The van der Waals surface area contributed by atoms with Crippen LogP contribution in [-0.2, 0) is 17.8 Å². The quantitative estimate of drug-likeness (QED) is 0.589. The number of carbonyl (C=O) groups excluding carboxylic acids is 1. The Balaban J connectivity index is 1.52. The zero-order valence-corrected chi connectivity index (χ0v) is 18.6. The topological polar surface area (TPSA) is 77.7 Å². The first-order chi connectivity index (χ1) is 15.5. The van der Waals surface area contributed by atoms with Crippen molar-refractivity contribution >= 4 is 5.91 Å². The minimum Gasteiger partial charge on any atom is -0.497 e. The summed E-state index contributed by atoms with van der Waals surface area (Å²) in [6, 6.07) is 18.1. The molecule has 1 aliphatic heterocycles. The van der Waals surface area contributed by atoms with Gasteiger partial charge in [-0.2, -0.15) is 0 Å². The van der Waals surface area contributed by atoms with E-state index in [0.29, 0.717) is 19.5 Å². The third-order valence-corrected chi connectivity index (χ3v) is 6.33. The number of pyridine rings is 1. The van der Waals surface area contributed by atoms with Gasteiger partial charge in [0.2, 0.25) is 5.91 Å². The zero-order chi connectivity index (χ0) is 22.6. The zero-order valence-electron chi connectivity index (χ0n) is 18.6. The molecule has 1 aromatic heterocycles. The molecule has 0 spiro atoms. The van der Waals surface area contributed by atoms with Crippen molar-refractivity contribution in [3.63, 3.8) is 0 Å². The maximum absolute atomic E-state index is 12.6.